The maximum atomic E-state index is 12.6. The van der Waals surface area contributed by atoms with Crippen LogP contribution in [0.2, 0.25) is 0 Å². The molecule has 1 aromatic carbocycles. The molecule has 1 N–H and O–H groups in total. The predicted molar refractivity (Wildman–Crippen MR) is 63.5 cm³/mol. The third-order valence-electron chi connectivity index (χ3n) is 3.32. The Hall–Kier alpha value is -1.82. The molecule has 6 heteroatoms. The molecule has 0 spiro atoms. The van der Waals surface area contributed by atoms with Gasteiger partial charge in [-0.2, -0.15) is 18.3 Å². The van der Waals surface area contributed by atoms with Crippen molar-refractivity contribution >= 4 is 0 Å². The maximum Gasteiger partial charge on any atom is 0.419 e. The summed E-state index contributed by atoms with van der Waals surface area (Å²) in [5, 5.41) is 7.06. The van der Waals surface area contributed by atoms with Gasteiger partial charge in [0.05, 0.1) is 17.8 Å². The molecule has 0 fully saturated rings. The Morgan fingerprint density at radius 1 is 1.26 bits per heavy atom. The normalized spacial score (nSPS) is 19.2. The van der Waals surface area contributed by atoms with Gasteiger partial charge in [0.15, 0.2) is 0 Å². The number of nitrogens with zero attached hydrogens (tertiary/aromatic N) is 2. The van der Waals surface area contributed by atoms with Crippen molar-refractivity contribution in [3.05, 3.63) is 53.3 Å². The Kier molecular flexibility index (Phi) is 2.82. The molecule has 0 aliphatic carbocycles. The average Bonchev–Trinajstić information content (AvgIpc) is 2.87. The highest BCUT2D eigenvalue weighted by Crippen LogP contribution is 2.31. The van der Waals surface area contributed by atoms with E-state index in [2.05, 4.69) is 10.4 Å². The van der Waals surface area contributed by atoms with Crippen LogP contribution in [0.3, 0.4) is 0 Å². The summed E-state index contributed by atoms with van der Waals surface area (Å²) in [4.78, 5) is 0. The number of fused-ring (bicyclic) bond motifs is 1. The molecule has 100 valence electrons. The minimum atomic E-state index is -4.35. The fraction of sp³-hybridized carbons (Fsp3) is 0.308. The van der Waals surface area contributed by atoms with Gasteiger partial charge in [0.1, 0.15) is 0 Å². The van der Waals surface area contributed by atoms with E-state index in [9.17, 15) is 13.2 Å². The van der Waals surface area contributed by atoms with Crippen LogP contribution in [0, 0.1) is 0 Å². The van der Waals surface area contributed by atoms with Gasteiger partial charge >= 0.3 is 6.18 Å². The topological polar surface area (TPSA) is 29.9 Å². The maximum absolute atomic E-state index is 12.6. The minimum Gasteiger partial charge on any atom is -0.310 e. The standard InChI is InChI=1S/C13H12F3N3/c14-13(15,16)10-6-18-19(8-10)12-7-17-5-9-3-1-2-4-11(9)12/h1-4,6,8,12,17H,5,7H2. The fourth-order valence-corrected chi connectivity index (χ4v) is 2.36. The number of hydrogen-bond acceptors (Lipinski definition) is 2. The van der Waals surface area contributed by atoms with Gasteiger partial charge in [-0.3, -0.25) is 4.68 Å². The summed E-state index contributed by atoms with van der Waals surface area (Å²) in [5.74, 6) is 0. The van der Waals surface area contributed by atoms with E-state index < -0.39 is 11.7 Å². The van der Waals surface area contributed by atoms with Crippen LogP contribution in [0.25, 0.3) is 0 Å². The number of halogens is 3. The molecule has 1 unspecified atom stereocenters. The van der Waals surface area contributed by atoms with E-state index in [4.69, 9.17) is 0 Å². The number of hydrogen-bond donors (Lipinski definition) is 1. The van der Waals surface area contributed by atoms with E-state index in [-0.39, 0.29) is 6.04 Å². The van der Waals surface area contributed by atoms with E-state index in [0.717, 1.165) is 30.1 Å². The summed E-state index contributed by atoms with van der Waals surface area (Å²) in [5.41, 5.74) is 1.41. The van der Waals surface area contributed by atoms with Gasteiger partial charge in [0.25, 0.3) is 0 Å². The lowest BCUT2D eigenvalue weighted by atomic mass is 9.97. The van der Waals surface area contributed by atoms with Crippen LogP contribution < -0.4 is 5.32 Å². The van der Waals surface area contributed by atoms with Gasteiger partial charge in [-0.05, 0) is 11.1 Å². The summed E-state index contributed by atoms with van der Waals surface area (Å²) < 4.78 is 39.2. The molecule has 1 aromatic heterocycles. The van der Waals surface area contributed by atoms with E-state index >= 15 is 0 Å². The van der Waals surface area contributed by atoms with Crippen molar-refractivity contribution in [2.45, 2.75) is 18.8 Å². The first-order valence-corrected chi connectivity index (χ1v) is 5.95. The first kappa shape index (κ1) is 12.2. The van der Waals surface area contributed by atoms with Gasteiger partial charge in [-0.1, -0.05) is 24.3 Å². The molecule has 2 aromatic rings. The fourth-order valence-electron chi connectivity index (χ4n) is 2.36. The Morgan fingerprint density at radius 3 is 2.79 bits per heavy atom. The van der Waals surface area contributed by atoms with Crippen LogP contribution in [-0.2, 0) is 12.7 Å². The van der Waals surface area contributed by atoms with Crippen LogP contribution in [0.5, 0.6) is 0 Å². The third-order valence-corrected chi connectivity index (χ3v) is 3.32. The Balaban J connectivity index is 1.98. The second-order valence-corrected chi connectivity index (χ2v) is 4.55. The minimum absolute atomic E-state index is 0.193. The Labute approximate surface area is 108 Å². The SMILES string of the molecule is FC(F)(F)c1cnn(C2CNCc3ccccc32)c1. The number of aromatic nitrogens is 2. The molecule has 3 rings (SSSR count). The molecule has 2 heterocycles. The van der Waals surface area contributed by atoms with Crippen LogP contribution in [0.4, 0.5) is 13.2 Å². The van der Waals surface area contributed by atoms with E-state index in [1.807, 2.05) is 24.3 Å². The largest absolute Gasteiger partial charge is 0.419 e. The molecule has 3 nitrogen and oxygen atoms in total. The first-order chi connectivity index (χ1) is 9.05. The molecule has 1 aliphatic heterocycles. The van der Waals surface area contributed by atoms with Crippen LogP contribution in [0.1, 0.15) is 22.7 Å². The molecular formula is C13H12F3N3. The van der Waals surface area contributed by atoms with Gasteiger partial charge in [0.2, 0.25) is 0 Å². The highest BCUT2D eigenvalue weighted by molar-refractivity contribution is 5.33. The number of nitrogens with one attached hydrogen (secondary N) is 1. The lowest BCUT2D eigenvalue weighted by Crippen LogP contribution is -2.32. The molecule has 19 heavy (non-hydrogen) atoms. The van der Waals surface area contributed by atoms with Gasteiger partial charge in [-0.25, -0.2) is 0 Å². The van der Waals surface area contributed by atoms with Crippen LogP contribution >= 0.6 is 0 Å². The van der Waals surface area contributed by atoms with Crippen molar-refractivity contribution in [3.63, 3.8) is 0 Å². The number of alkyl halides is 3. The lowest BCUT2D eigenvalue weighted by Gasteiger charge is -2.26. The van der Waals surface area contributed by atoms with E-state index in [0.29, 0.717) is 6.54 Å². The van der Waals surface area contributed by atoms with Crippen molar-refractivity contribution in [3.8, 4) is 0 Å². The highest BCUT2D eigenvalue weighted by atomic mass is 19.4. The van der Waals surface area contributed by atoms with Crippen molar-refractivity contribution in [1.82, 2.24) is 15.1 Å². The third kappa shape index (κ3) is 2.23. The molecule has 0 saturated carbocycles. The Bertz CT molecular complexity index is 589. The molecule has 1 aliphatic rings. The van der Waals surface area contributed by atoms with Crippen molar-refractivity contribution < 1.29 is 13.2 Å². The summed E-state index contributed by atoms with van der Waals surface area (Å²) in [6.45, 7) is 1.32. The summed E-state index contributed by atoms with van der Waals surface area (Å²) in [6.07, 6.45) is -2.41. The predicted octanol–water partition coefficient (Wildman–Crippen LogP) is 2.59. The molecular weight excluding hydrogens is 255 g/mol. The van der Waals surface area contributed by atoms with Crippen LogP contribution in [-0.4, -0.2) is 16.3 Å². The quantitative estimate of drug-likeness (QED) is 0.860. The zero-order valence-electron chi connectivity index (χ0n) is 9.98. The molecule has 0 radical (unpaired) electrons. The average molecular weight is 267 g/mol. The van der Waals surface area contributed by atoms with Crippen molar-refractivity contribution in [1.29, 1.82) is 0 Å². The monoisotopic (exact) mass is 267 g/mol. The van der Waals surface area contributed by atoms with Crippen LogP contribution in [0.15, 0.2) is 36.7 Å². The number of benzene rings is 1. The summed E-state index contributed by atoms with van der Waals surface area (Å²) >= 11 is 0. The van der Waals surface area contributed by atoms with E-state index in [1.165, 1.54) is 4.68 Å². The molecule has 1 atom stereocenters. The smallest absolute Gasteiger partial charge is 0.310 e. The lowest BCUT2D eigenvalue weighted by molar-refractivity contribution is -0.137. The summed E-state index contributed by atoms with van der Waals surface area (Å²) in [6, 6.07) is 7.54. The molecule has 0 amide bonds. The highest BCUT2D eigenvalue weighted by Gasteiger charge is 2.33. The van der Waals surface area contributed by atoms with Crippen molar-refractivity contribution in [2.75, 3.05) is 6.54 Å². The second kappa shape index (κ2) is 4.38. The zero-order chi connectivity index (χ0) is 13.5. The van der Waals surface area contributed by atoms with Gasteiger partial charge in [0, 0.05) is 19.3 Å². The second-order valence-electron chi connectivity index (χ2n) is 4.55. The number of rotatable bonds is 1. The Morgan fingerprint density at radius 2 is 2.05 bits per heavy atom. The first-order valence-electron chi connectivity index (χ1n) is 5.95. The van der Waals surface area contributed by atoms with E-state index in [1.54, 1.807) is 0 Å². The van der Waals surface area contributed by atoms with Crippen molar-refractivity contribution in [2.24, 2.45) is 0 Å². The zero-order valence-corrected chi connectivity index (χ0v) is 9.98. The summed E-state index contributed by atoms with van der Waals surface area (Å²) in [7, 11) is 0. The van der Waals surface area contributed by atoms with Gasteiger partial charge in [-0.15, -0.1) is 0 Å². The molecule has 0 bridgehead atoms. The van der Waals surface area contributed by atoms with Gasteiger partial charge < -0.3 is 5.32 Å². The molecule has 0 saturated heterocycles.